The highest BCUT2D eigenvalue weighted by molar-refractivity contribution is 5.66. The molecule has 16 heavy (non-hydrogen) atoms. The maximum Gasteiger partial charge on any atom is 0.303 e. The fourth-order valence-electron chi connectivity index (χ4n) is 1.49. The van der Waals surface area contributed by atoms with Crippen molar-refractivity contribution in [1.82, 2.24) is 0 Å². The van der Waals surface area contributed by atoms with Gasteiger partial charge in [0, 0.05) is 20.0 Å². The lowest BCUT2D eigenvalue weighted by molar-refractivity contribution is -0.137. The zero-order valence-corrected chi connectivity index (χ0v) is 9.18. The van der Waals surface area contributed by atoms with E-state index in [1.807, 2.05) is 30.1 Å². The van der Waals surface area contributed by atoms with Gasteiger partial charge in [0.15, 0.2) is 0 Å². The van der Waals surface area contributed by atoms with Crippen LogP contribution in [-0.4, -0.2) is 24.7 Å². The SMILES string of the molecule is CN(CCCC(=O)O)c1ccccc1C#N. The van der Waals surface area contributed by atoms with E-state index in [9.17, 15) is 4.79 Å². The molecular formula is C12H14N2O2. The van der Waals surface area contributed by atoms with E-state index in [0.717, 1.165) is 5.69 Å². The molecule has 1 N–H and O–H groups in total. The quantitative estimate of drug-likeness (QED) is 0.819. The molecule has 1 rings (SSSR count). The number of carbonyl (C=O) groups is 1. The molecule has 0 saturated heterocycles. The summed E-state index contributed by atoms with van der Waals surface area (Å²) < 4.78 is 0. The van der Waals surface area contributed by atoms with Crippen molar-refractivity contribution in [3.8, 4) is 6.07 Å². The van der Waals surface area contributed by atoms with Gasteiger partial charge in [-0.3, -0.25) is 4.79 Å². The van der Waals surface area contributed by atoms with E-state index in [0.29, 0.717) is 18.5 Å². The highest BCUT2D eigenvalue weighted by Gasteiger charge is 2.06. The molecule has 4 heteroatoms. The van der Waals surface area contributed by atoms with Crippen LogP contribution in [0.2, 0.25) is 0 Å². The van der Waals surface area contributed by atoms with Crippen molar-refractivity contribution in [2.24, 2.45) is 0 Å². The summed E-state index contributed by atoms with van der Waals surface area (Å²) in [5, 5.41) is 17.4. The lowest BCUT2D eigenvalue weighted by Gasteiger charge is -2.19. The molecule has 0 atom stereocenters. The Morgan fingerprint density at radius 2 is 2.19 bits per heavy atom. The summed E-state index contributed by atoms with van der Waals surface area (Å²) in [7, 11) is 1.86. The minimum absolute atomic E-state index is 0.152. The summed E-state index contributed by atoms with van der Waals surface area (Å²) in [4.78, 5) is 12.3. The van der Waals surface area contributed by atoms with Crippen LogP contribution in [0.15, 0.2) is 24.3 Å². The molecular weight excluding hydrogens is 204 g/mol. The van der Waals surface area contributed by atoms with Gasteiger partial charge >= 0.3 is 5.97 Å². The predicted molar refractivity (Wildman–Crippen MR) is 61.3 cm³/mol. The molecule has 0 amide bonds. The molecule has 0 aliphatic rings. The number of para-hydroxylation sites is 1. The van der Waals surface area contributed by atoms with Crippen LogP contribution in [0.4, 0.5) is 5.69 Å². The molecule has 84 valence electrons. The summed E-state index contributed by atoms with van der Waals surface area (Å²) in [5.74, 6) is -0.790. The van der Waals surface area contributed by atoms with Crippen molar-refractivity contribution in [2.45, 2.75) is 12.8 Å². The standard InChI is InChI=1S/C12H14N2O2/c1-14(8-4-7-12(15)16)11-6-3-2-5-10(11)9-13/h2-3,5-6H,4,7-8H2,1H3,(H,15,16). The van der Waals surface area contributed by atoms with Crippen LogP contribution in [0.1, 0.15) is 18.4 Å². The Morgan fingerprint density at radius 1 is 1.50 bits per heavy atom. The molecule has 0 heterocycles. The molecule has 0 fully saturated rings. The van der Waals surface area contributed by atoms with E-state index in [2.05, 4.69) is 6.07 Å². The van der Waals surface area contributed by atoms with E-state index in [4.69, 9.17) is 10.4 Å². The number of hydrogen-bond acceptors (Lipinski definition) is 3. The number of carboxylic acid groups (broad SMARTS) is 1. The lowest BCUT2D eigenvalue weighted by atomic mass is 10.1. The zero-order chi connectivity index (χ0) is 12.0. The van der Waals surface area contributed by atoms with Gasteiger partial charge < -0.3 is 10.0 Å². The Balaban J connectivity index is 2.62. The number of rotatable bonds is 5. The Kier molecular flexibility index (Phi) is 4.34. The van der Waals surface area contributed by atoms with Gasteiger partial charge in [-0.25, -0.2) is 0 Å². The predicted octanol–water partition coefficient (Wildman–Crippen LogP) is 1.86. The van der Waals surface area contributed by atoms with E-state index < -0.39 is 5.97 Å². The van der Waals surface area contributed by atoms with Crippen molar-refractivity contribution in [3.05, 3.63) is 29.8 Å². The maximum atomic E-state index is 10.4. The smallest absolute Gasteiger partial charge is 0.303 e. The summed E-state index contributed by atoms with van der Waals surface area (Å²) in [6.07, 6.45) is 0.727. The average Bonchev–Trinajstić information content (AvgIpc) is 2.28. The summed E-state index contributed by atoms with van der Waals surface area (Å²) in [6.45, 7) is 0.630. The second kappa shape index (κ2) is 5.76. The van der Waals surface area contributed by atoms with Gasteiger partial charge in [0.2, 0.25) is 0 Å². The second-order valence-electron chi connectivity index (χ2n) is 3.55. The highest BCUT2D eigenvalue weighted by Crippen LogP contribution is 2.18. The van der Waals surface area contributed by atoms with Gasteiger partial charge in [-0.05, 0) is 18.6 Å². The van der Waals surface area contributed by atoms with E-state index in [1.165, 1.54) is 0 Å². The number of anilines is 1. The number of hydrogen-bond donors (Lipinski definition) is 1. The Morgan fingerprint density at radius 3 is 2.81 bits per heavy atom. The van der Waals surface area contributed by atoms with Gasteiger partial charge in [0.25, 0.3) is 0 Å². The molecule has 0 aromatic heterocycles. The minimum atomic E-state index is -0.790. The Bertz CT molecular complexity index is 410. The molecule has 4 nitrogen and oxygen atoms in total. The Labute approximate surface area is 94.7 Å². The molecule has 0 bridgehead atoms. The van der Waals surface area contributed by atoms with Crippen LogP contribution in [0, 0.1) is 11.3 Å². The fourth-order valence-corrected chi connectivity index (χ4v) is 1.49. The van der Waals surface area contributed by atoms with Crippen LogP contribution < -0.4 is 4.90 Å². The van der Waals surface area contributed by atoms with Crippen LogP contribution in [-0.2, 0) is 4.79 Å². The molecule has 0 unspecified atom stereocenters. The van der Waals surface area contributed by atoms with Crippen molar-refractivity contribution >= 4 is 11.7 Å². The molecule has 1 aromatic rings. The van der Waals surface area contributed by atoms with Gasteiger partial charge in [0.05, 0.1) is 11.3 Å². The van der Waals surface area contributed by atoms with Crippen molar-refractivity contribution in [1.29, 1.82) is 5.26 Å². The number of aliphatic carboxylic acids is 1. The fraction of sp³-hybridized carbons (Fsp3) is 0.333. The van der Waals surface area contributed by atoms with Crippen molar-refractivity contribution < 1.29 is 9.90 Å². The molecule has 0 saturated carbocycles. The third kappa shape index (κ3) is 3.28. The molecule has 0 spiro atoms. The van der Waals surface area contributed by atoms with Crippen LogP contribution in [0.3, 0.4) is 0 Å². The van der Waals surface area contributed by atoms with Gasteiger partial charge in [-0.2, -0.15) is 5.26 Å². The number of nitriles is 1. The summed E-state index contributed by atoms with van der Waals surface area (Å²) in [5.41, 5.74) is 1.45. The topological polar surface area (TPSA) is 64.3 Å². The van der Waals surface area contributed by atoms with Gasteiger partial charge in [-0.1, -0.05) is 12.1 Å². The van der Waals surface area contributed by atoms with Crippen molar-refractivity contribution in [2.75, 3.05) is 18.5 Å². The van der Waals surface area contributed by atoms with Gasteiger partial charge in [0.1, 0.15) is 6.07 Å². The van der Waals surface area contributed by atoms with Gasteiger partial charge in [-0.15, -0.1) is 0 Å². The first-order chi connectivity index (χ1) is 7.65. The van der Waals surface area contributed by atoms with Crippen LogP contribution in [0.5, 0.6) is 0 Å². The first-order valence-corrected chi connectivity index (χ1v) is 5.07. The molecule has 1 aromatic carbocycles. The third-order valence-electron chi connectivity index (χ3n) is 2.32. The number of carboxylic acids is 1. The lowest BCUT2D eigenvalue weighted by Crippen LogP contribution is -2.20. The molecule has 0 radical (unpaired) electrons. The Hall–Kier alpha value is -2.02. The summed E-state index contributed by atoms with van der Waals surface area (Å²) in [6, 6.07) is 9.41. The molecule has 0 aliphatic carbocycles. The molecule has 0 aliphatic heterocycles. The normalized spacial score (nSPS) is 9.50. The summed E-state index contributed by atoms with van der Waals surface area (Å²) >= 11 is 0. The number of nitrogens with zero attached hydrogens (tertiary/aromatic N) is 2. The third-order valence-corrected chi connectivity index (χ3v) is 2.32. The number of benzene rings is 1. The minimum Gasteiger partial charge on any atom is -0.481 e. The van der Waals surface area contributed by atoms with Crippen LogP contribution >= 0.6 is 0 Å². The largest absolute Gasteiger partial charge is 0.481 e. The average molecular weight is 218 g/mol. The first kappa shape index (κ1) is 12.1. The van der Waals surface area contributed by atoms with E-state index >= 15 is 0 Å². The second-order valence-corrected chi connectivity index (χ2v) is 3.55. The van der Waals surface area contributed by atoms with E-state index in [1.54, 1.807) is 6.07 Å². The van der Waals surface area contributed by atoms with Crippen molar-refractivity contribution in [3.63, 3.8) is 0 Å². The maximum absolute atomic E-state index is 10.4. The highest BCUT2D eigenvalue weighted by atomic mass is 16.4. The first-order valence-electron chi connectivity index (χ1n) is 5.07. The monoisotopic (exact) mass is 218 g/mol. The van der Waals surface area contributed by atoms with Crippen LogP contribution in [0.25, 0.3) is 0 Å². The van der Waals surface area contributed by atoms with E-state index in [-0.39, 0.29) is 6.42 Å². The zero-order valence-electron chi connectivity index (χ0n) is 9.18.